The Bertz CT molecular complexity index is 938. The van der Waals surface area contributed by atoms with Crippen molar-refractivity contribution in [3.05, 3.63) is 106 Å². The van der Waals surface area contributed by atoms with E-state index in [1.807, 2.05) is 0 Å². The normalized spacial score (nSPS) is 18.1. The highest BCUT2D eigenvalue weighted by atomic mass is 15.3. The lowest BCUT2D eigenvalue weighted by molar-refractivity contribution is 0.104. The summed E-state index contributed by atoms with van der Waals surface area (Å²) in [6, 6.07) is 27.4. The summed E-state index contributed by atoms with van der Waals surface area (Å²) in [5, 5.41) is 0. The second-order valence-electron chi connectivity index (χ2n) is 8.54. The second-order valence-corrected chi connectivity index (χ2v) is 8.54. The van der Waals surface area contributed by atoms with Crippen molar-refractivity contribution in [1.29, 1.82) is 0 Å². The van der Waals surface area contributed by atoms with E-state index in [4.69, 9.17) is 0 Å². The van der Waals surface area contributed by atoms with E-state index in [2.05, 4.69) is 89.5 Å². The van der Waals surface area contributed by atoms with Gasteiger partial charge in [-0.3, -0.25) is 9.80 Å². The highest BCUT2D eigenvalue weighted by Gasteiger charge is 2.30. The fourth-order valence-electron chi connectivity index (χ4n) is 5.10. The van der Waals surface area contributed by atoms with Gasteiger partial charge in [-0.2, -0.15) is 0 Å². The van der Waals surface area contributed by atoms with Gasteiger partial charge < -0.3 is 0 Å². The van der Waals surface area contributed by atoms with Crippen molar-refractivity contribution in [2.75, 3.05) is 26.2 Å². The molecule has 0 saturated carbocycles. The topological polar surface area (TPSA) is 6.48 Å². The van der Waals surface area contributed by atoms with Gasteiger partial charge in [0.05, 0.1) is 6.04 Å². The van der Waals surface area contributed by atoms with Crippen LogP contribution in [0.25, 0.3) is 0 Å². The molecule has 0 N–H and O–H groups in total. The van der Waals surface area contributed by atoms with Crippen LogP contribution in [0, 0.1) is 6.92 Å². The van der Waals surface area contributed by atoms with E-state index < -0.39 is 0 Å². The maximum Gasteiger partial charge on any atom is 0.0608 e. The summed E-state index contributed by atoms with van der Waals surface area (Å²) < 4.78 is 0. The fraction of sp³-hybridized carbons (Fsp3) is 0.333. The Balaban J connectivity index is 1.38. The first-order valence-corrected chi connectivity index (χ1v) is 11.0. The summed E-state index contributed by atoms with van der Waals surface area (Å²) in [5.41, 5.74) is 8.95. The molecule has 0 aromatic heterocycles. The van der Waals surface area contributed by atoms with Crippen LogP contribution in [0.1, 0.15) is 39.4 Å². The Morgan fingerprint density at radius 3 is 1.86 bits per heavy atom. The predicted molar refractivity (Wildman–Crippen MR) is 120 cm³/mol. The van der Waals surface area contributed by atoms with Crippen LogP contribution >= 0.6 is 0 Å². The monoisotopic (exact) mass is 382 g/mol. The van der Waals surface area contributed by atoms with Gasteiger partial charge in [-0.1, -0.05) is 72.8 Å². The molecule has 29 heavy (non-hydrogen) atoms. The van der Waals surface area contributed by atoms with Crippen molar-refractivity contribution >= 4 is 0 Å². The molecule has 1 aliphatic carbocycles. The molecule has 3 aromatic rings. The Hall–Kier alpha value is -2.42. The number of aryl methyl sites for hydroxylation is 3. The van der Waals surface area contributed by atoms with Crippen molar-refractivity contribution in [3.63, 3.8) is 0 Å². The minimum Gasteiger partial charge on any atom is -0.297 e. The Labute approximate surface area is 174 Å². The van der Waals surface area contributed by atoms with E-state index >= 15 is 0 Å². The predicted octanol–water partition coefficient (Wildman–Crippen LogP) is 5.00. The minimum absolute atomic E-state index is 0.394. The number of hydrogen-bond donors (Lipinski definition) is 0. The number of hydrogen-bond acceptors (Lipinski definition) is 2. The average molecular weight is 383 g/mol. The molecule has 5 rings (SSSR count). The van der Waals surface area contributed by atoms with E-state index in [0.717, 1.165) is 45.6 Å². The van der Waals surface area contributed by atoms with Crippen molar-refractivity contribution in [2.24, 2.45) is 0 Å². The molecule has 148 valence electrons. The molecule has 0 unspecified atom stereocenters. The van der Waals surface area contributed by atoms with Crippen LogP contribution in [-0.4, -0.2) is 36.0 Å². The van der Waals surface area contributed by atoms with Gasteiger partial charge >= 0.3 is 0 Å². The summed E-state index contributed by atoms with van der Waals surface area (Å²) >= 11 is 0. The van der Waals surface area contributed by atoms with Gasteiger partial charge in [-0.05, 0) is 53.1 Å². The number of nitrogens with zero attached hydrogens (tertiary/aromatic N) is 2. The lowest BCUT2D eigenvalue weighted by Crippen LogP contribution is -2.47. The third-order valence-corrected chi connectivity index (χ3v) is 6.79. The maximum atomic E-state index is 2.72. The summed E-state index contributed by atoms with van der Waals surface area (Å²) in [5.74, 6) is 0. The van der Waals surface area contributed by atoms with E-state index in [9.17, 15) is 0 Å². The number of rotatable bonds is 3. The molecule has 1 aliphatic heterocycles. The Kier molecular flexibility index (Phi) is 5.22. The molecule has 2 heteroatoms. The number of piperazine rings is 1. The molecular weight excluding hydrogens is 352 g/mol. The summed E-state index contributed by atoms with van der Waals surface area (Å²) in [6.45, 7) is 7.81. The zero-order valence-corrected chi connectivity index (χ0v) is 17.3. The molecule has 1 saturated heterocycles. The number of fused-ring (bicyclic) bond motifs is 2. The third-order valence-electron chi connectivity index (χ3n) is 6.79. The highest BCUT2D eigenvalue weighted by Crippen LogP contribution is 2.37. The first-order valence-electron chi connectivity index (χ1n) is 11.0. The van der Waals surface area contributed by atoms with Crippen molar-refractivity contribution in [3.8, 4) is 0 Å². The average Bonchev–Trinajstić information content (AvgIpc) is 2.93. The first kappa shape index (κ1) is 18.6. The summed E-state index contributed by atoms with van der Waals surface area (Å²) in [7, 11) is 0. The van der Waals surface area contributed by atoms with Gasteiger partial charge in [0.1, 0.15) is 0 Å². The zero-order chi connectivity index (χ0) is 19.6. The van der Waals surface area contributed by atoms with Crippen LogP contribution in [0.15, 0.2) is 72.8 Å². The SMILES string of the molecule is Cc1ccccc1CN1CCN(C2c3ccccc3CCc3ccccc32)CC1. The van der Waals surface area contributed by atoms with Crippen LogP contribution in [0.2, 0.25) is 0 Å². The lowest BCUT2D eigenvalue weighted by Gasteiger charge is -2.40. The summed E-state index contributed by atoms with van der Waals surface area (Å²) in [4.78, 5) is 5.34. The molecule has 1 fully saturated rings. The van der Waals surface area contributed by atoms with Crippen LogP contribution in [0.5, 0.6) is 0 Å². The first-order chi connectivity index (χ1) is 14.3. The smallest absolute Gasteiger partial charge is 0.0608 e. The molecular formula is C27H30N2. The molecule has 0 atom stereocenters. The zero-order valence-electron chi connectivity index (χ0n) is 17.3. The minimum atomic E-state index is 0.394. The Morgan fingerprint density at radius 1 is 0.690 bits per heavy atom. The Morgan fingerprint density at radius 2 is 1.24 bits per heavy atom. The van der Waals surface area contributed by atoms with Crippen LogP contribution < -0.4 is 0 Å². The van der Waals surface area contributed by atoms with Crippen LogP contribution in [0.4, 0.5) is 0 Å². The van der Waals surface area contributed by atoms with E-state index in [1.54, 1.807) is 0 Å². The van der Waals surface area contributed by atoms with E-state index in [0.29, 0.717) is 6.04 Å². The van der Waals surface area contributed by atoms with Gasteiger partial charge in [0.2, 0.25) is 0 Å². The van der Waals surface area contributed by atoms with E-state index in [1.165, 1.54) is 33.4 Å². The quantitative estimate of drug-likeness (QED) is 0.629. The van der Waals surface area contributed by atoms with Crippen LogP contribution in [0.3, 0.4) is 0 Å². The van der Waals surface area contributed by atoms with Crippen molar-refractivity contribution < 1.29 is 0 Å². The fourth-order valence-corrected chi connectivity index (χ4v) is 5.10. The van der Waals surface area contributed by atoms with E-state index in [-0.39, 0.29) is 0 Å². The number of benzene rings is 3. The molecule has 3 aromatic carbocycles. The van der Waals surface area contributed by atoms with Gasteiger partial charge in [0.15, 0.2) is 0 Å². The van der Waals surface area contributed by atoms with Gasteiger partial charge in [0, 0.05) is 32.7 Å². The molecule has 1 heterocycles. The maximum absolute atomic E-state index is 2.72. The van der Waals surface area contributed by atoms with Crippen molar-refractivity contribution in [1.82, 2.24) is 9.80 Å². The molecule has 0 amide bonds. The van der Waals surface area contributed by atoms with Gasteiger partial charge in [-0.15, -0.1) is 0 Å². The third kappa shape index (κ3) is 3.75. The molecule has 2 aliphatic rings. The lowest BCUT2D eigenvalue weighted by atomic mass is 9.92. The molecule has 0 radical (unpaired) electrons. The molecule has 0 bridgehead atoms. The molecule has 0 spiro atoms. The molecule has 2 nitrogen and oxygen atoms in total. The van der Waals surface area contributed by atoms with Crippen molar-refractivity contribution in [2.45, 2.75) is 32.4 Å². The second kappa shape index (κ2) is 8.14. The van der Waals surface area contributed by atoms with Gasteiger partial charge in [0.25, 0.3) is 0 Å². The van der Waals surface area contributed by atoms with Crippen LogP contribution in [-0.2, 0) is 19.4 Å². The van der Waals surface area contributed by atoms with Gasteiger partial charge in [-0.25, -0.2) is 0 Å². The largest absolute Gasteiger partial charge is 0.297 e. The standard InChI is InChI=1S/C27H30N2/c1-21-8-2-3-11-24(21)20-28-16-18-29(19-17-28)27-25-12-6-4-9-22(25)14-15-23-10-5-7-13-26(23)27/h2-13,27H,14-20H2,1H3. The highest BCUT2D eigenvalue weighted by molar-refractivity contribution is 5.44. The summed E-state index contributed by atoms with van der Waals surface area (Å²) in [6.07, 6.45) is 2.30.